The first-order valence-corrected chi connectivity index (χ1v) is 8.30. The summed E-state index contributed by atoms with van der Waals surface area (Å²) in [5, 5.41) is 0. The summed E-state index contributed by atoms with van der Waals surface area (Å²) in [6, 6.07) is 14.6. The van der Waals surface area contributed by atoms with E-state index in [1.165, 1.54) is 22.5 Å². The van der Waals surface area contributed by atoms with Crippen LogP contribution in [-0.4, -0.2) is 18.9 Å². The van der Waals surface area contributed by atoms with Gasteiger partial charge in [0.2, 0.25) is 11.0 Å². The van der Waals surface area contributed by atoms with Gasteiger partial charge in [-0.3, -0.25) is 4.98 Å². The van der Waals surface area contributed by atoms with Gasteiger partial charge in [0, 0.05) is 30.4 Å². The third-order valence-corrected chi connectivity index (χ3v) is 4.96. The van der Waals surface area contributed by atoms with Gasteiger partial charge in [-0.05, 0) is 24.3 Å². The van der Waals surface area contributed by atoms with Gasteiger partial charge < -0.3 is 4.40 Å². The summed E-state index contributed by atoms with van der Waals surface area (Å²) in [5.41, 5.74) is 6.96. The van der Waals surface area contributed by atoms with Gasteiger partial charge in [-0.2, -0.15) is 4.57 Å². The van der Waals surface area contributed by atoms with Crippen LogP contribution in [0.4, 0.5) is 0 Å². The molecule has 0 fully saturated rings. The van der Waals surface area contributed by atoms with Gasteiger partial charge in [0.1, 0.15) is 12.2 Å². The lowest BCUT2D eigenvalue weighted by Gasteiger charge is -2.01. The molecule has 0 bridgehead atoms. The molecule has 0 N–H and O–H groups in total. The molecule has 0 amide bonds. The summed E-state index contributed by atoms with van der Waals surface area (Å²) < 4.78 is 6.78. The van der Waals surface area contributed by atoms with Crippen molar-refractivity contribution in [3.8, 4) is 17.1 Å². The number of benzene rings is 1. The molecule has 5 aromatic rings. The third-order valence-electron chi connectivity index (χ3n) is 4.96. The van der Waals surface area contributed by atoms with Gasteiger partial charge in [0.25, 0.3) is 5.82 Å². The summed E-state index contributed by atoms with van der Waals surface area (Å²) in [6.45, 7) is 0.824. The molecule has 25 heavy (non-hydrogen) atoms. The molecule has 5 heterocycles. The predicted molar refractivity (Wildman–Crippen MR) is 94.6 cm³/mol. The molecule has 0 aliphatic carbocycles. The molecule has 1 aromatic carbocycles. The molecule has 0 atom stereocenters. The van der Waals surface area contributed by atoms with Crippen LogP contribution in [0.2, 0.25) is 0 Å². The van der Waals surface area contributed by atoms with Crippen LogP contribution in [0.5, 0.6) is 0 Å². The number of imidazole rings is 1. The van der Waals surface area contributed by atoms with E-state index in [1.807, 2.05) is 36.9 Å². The number of para-hydroxylation sites is 1. The van der Waals surface area contributed by atoms with Crippen LogP contribution in [-0.2, 0) is 6.54 Å². The Labute approximate surface area is 143 Å². The topological polar surface area (TPSA) is 39.0 Å². The van der Waals surface area contributed by atoms with Crippen LogP contribution in [0.1, 0.15) is 5.56 Å². The Morgan fingerprint density at radius 1 is 1.00 bits per heavy atom. The van der Waals surface area contributed by atoms with Crippen molar-refractivity contribution in [1.82, 2.24) is 18.9 Å². The number of hydrogen-bond acceptors (Lipinski definition) is 2. The summed E-state index contributed by atoms with van der Waals surface area (Å²) in [7, 11) is 0. The van der Waals surface area contributed by atoms with Crippen molar-refractivity contribution in [2.45, 2.75) is 6.54 Å². The number of fused-ring (bicyclic) bond motifs is 7. The quantitative estimate of drug-likeness (QED) is 0.436. The first kappa shape index (κ1) is 12.9. The van der Waals surface area contributed by atoms with E-state index in [9.17, 15) is 0 Å². The molecule has 4 aromatic heterocycles. The second kappa shape index (κ2) is 4.54. The van der Waals surface area contributed by atoms with E-state index in [2.05, 4.69) is 60.0 Å². The monoisotopic (exact) mass is 324 g/mol. The fourth-order valence-corrected chi connectivity index (χ4v) is 3.94. The van der Waals surface area contributed by atoms with E-state index in [0.717, 1.165) is 23.4 Å². The van der Waals surface area contributed by atoms with Crippen molar-refractivity contribution >= 4 is 16.7 Å². The summed E-state index contributed by atoms with van der Waals surface area (Å²) in [5.74, 6) is 1.20. The molecule has 0 saturated carbocycles. The largest absolute Gasteiger partial charge is 0.300 e. The van der Waals surface area contributed by atoms with Crippen molar-refractivity contribution < 1.29 is 4.57 Å². The maximum atomic E-state index is 4.63. The van der Waals surface area contributed by atoms with Gasteiger partial charge in [-0.25, -0.2) is 9.55 Å². The third kappa shape index (κ3) is 1.59. The zero-order valence-corrected chi connectivity index (χ0v) is 13.4. The second-order valence-electron chi connectivity index (χ2n) is 6.33. The number of aromatic nitrogens is 5. The molecule has 5 nitrogen and oxygen atoms in total. The molecule has 6 rings (SSSR count). The molecular weight excluding hydrogens is 310 g/mol. The average molecular weight is 324 g/mol. The van der Waals surface area contributed by atoms with Crippen molar-refractivity contribution in [1.29, 1.82) is 0 Å². The van der Waals surface area contributed by atoms with Gasteiger partial charge in [0.05, 0.1) is 11.8 Å². The molecule has 0 saturated heterocycles. The highest BCUT2D eigenvalue weighted by atomic mass is 15.2. The van der Waals surface area contributed by atoms with Gasteiger partial charge in [-0.1, -0.05) is 18.2 Å². The molecule has 0 unspecified atom stereocenters. The van der Waals surface area contributed by atoms with Gasteiger partial charge in [-0.15, -0.1) is 0 Å². The number of hydrogen-bond donors (Lipinski definition) is 0. The smallest absolute Gasteiger partial charge is 0.296 e. The lowest BCUT2D eigenvalue weighted by Crippen LogP contribution is -2.31. The average Bonchev–Trinajstić information content (AvgIpc) is 3.29. The van der Waals surface area contributed by atoms with Crippen molar-refractivity contribution in [3.63, 3.8) is 0 Å². The van der Waals surface area contributed by atoms with Crippen LogP contribution in [0.3, 0.4) is 0 Å². The van der Waals surface area contributed by atoms with Crippen LogP contribution < -0.4 is 4.57 Å². The lowest BCUT2D eigenvalue weighted by atomic mass is 10.1. The highest BCUT2D eigenvalue weighted by Crippen LogP contribution is 2.34. The highest BCUT2D eigenvalue weighted by Gasteiger charge is 2.37. The molecule has 1 aliphatic rings. The Hall–Kier alpha value is -3.47. The van der Waals surface area contributed by atoms with Crippen molar-refractivity contribution in [3.05, 3.63) is 79.0 Å². The first-order chi connectivity index (χ1) is 12.4. The fraction of sp³-hybridized carbons (Fsp3) is 0.0500. The zero-order valence-electron chi connectivity index (χ0n) is 13.4. The SMILES string of the molecule is c1ccc(-n2c3[n+](c4c2cn2cccnc42)Cc2cnccc2-3)cc1. The van der Waals surface area contributed by atoms with Crippen molar-refractivity contribution in [2.75, 3.05) is 0 Å². The lowest BCUT2D eigenvalue weighted by molar-refractivity contribution is -0.645. The minimum absolute atomic E-state index is 0.824. The Morgan fingerprint density at radius 2 is 1.92 bits per heavy atom. The van der Waals surface area contributed by atoms with E-state index in [1.54, 1.807) is 0 Å². The van der Waals surface area contributed by atoms with E-state index in [4.69, 9.17) is 0 Å². The molecule has 1 aliphatic heterocycles. The molecule has 118 valence electrons. The molecule has 0 radical (unpaired) electrons. The summed E-state index contributed by atoms with van der Waals surface area (Å²) in [4.78, 5) is 8.94. The van der Waals surface area contributed by atoms with Crippen molar-refractivity contribution in [2.24, 2.45) is 0 Å². The van der Waals surface area contributed by atoms with E-state index in [0.29, 0.717) is 0 Å². The minimum Gasteiger partial charge on any atom is -0.300 e. The Balaban J connectivity index is 1.83. The number of rotatable bonds is 1. The van der Waals surface area contributed by atoms with Gasteiger partial charge in [0.15, 0.2) is 5.65 Å². The second-order valence-corrected chi connectivity index (χ2v) is 6.33. The normalized spacial score (nSPS) is 12.6. The fourth-order valence-electron chi connectivity index (χ4n) is 3.94. The summed E-state index contributed by atoms with van der Waals surface area (Å²) >= 11 is 0. The zero-order chi connectivity index (χ0) is 16.4. The number of pyridine rings is 1. The maximum Gasteiger partial charge on any atom is 0.296 e. The maximum absolute atomic E-state index is 4.63. The van der Waals surface area contributed by atoms with E-state index < -0.39 is 0 Å². The standard InChI is InChI=1S/C20H14N5/c1-2-5-15(6-3-1)25-17-13-23-10-4-8-22-19(23)18(17)24-12-14-11-21-9-7-16(14)20(24)25/h1-11,13H,12H2/q+1. The van der Waals surface area contributed by atoms with Crippen LogP contribution in [0.15, 0.2) is 73.4 Å². The molecule has 0 spiro atoms. The Morgan fingerprint density at radius 3 is 2.84 bits per heavy atom. The minimum atomic E-state index is 0.824. The molecule has 5 heteroatoms. The Kier molecular flexibility index (Phi) is 2.34. The van der Waals surface area contributed by atoms with E-state index in [-0.39, 0.29) is 0 Å². The Bertz CT molecular complexity index is 1260. The highest BCUT2D eigenvalue weighted by molar-refractivity contribution is 5.91. The van der Waals surface area contributed by atoms with Gasteiger partial charge >= 0.3 is 0 Å². The predicted octanol–water partition coefficient (Wildman–Crippen LogP) is 2.99. The molecular formula is C20H14N5+. The van der Waals surface area contributed by atoms with Crippen LogP contribution in [0, 0.1) is 0 Å². The summed E-state index contributed by atoms with van der Waals surface area (Å²) in [6.07, 6.45) is 9.90. The van der Waals surface area contributed by atoms with E-state index >= 15 is 0 Å². The van der Waals surface area contributed by atoms with Crippen LogP contribution in [0.25, 0.3) is 33.8 Å². The van der Waals surface area contributed by atoms with Crippen LogP contribution >= 0.6 is 0 Å². The first-order valence-electron chi connectivity index (χ1n) is 8.30. The number of nitrogens with zero attached hydrogens (tertiary/aromatic N) is 5.